The molecule has 2 aromatic carbocycles. The molecule has 0 saturated carbocycles. The number of aromatic hydroxyl groups is 1. The van der Waals surface area contributed by atoms with Crippen LogP contribution < -0.4 is 0 Å². The minimum atomic E-state index is 0.268. The van der Waals surface area contributed by atoms with Crippen LogP contribution >= 0.6 is 0 Å². The van der Waals surface area contributed by atoms with E-state index in [-0.39, 0.29) is 5.75 Å². The minimum Gasteiger partial charge on any atom is -0.508 e. The smallest absolute Gasteiger partial charge is 0.116 e. The van der Waals surface area contributed by atoms with Gasteiger partial charge in [-0.25, -0.2) is 0 Å². The van der Waals surface area contributed by atoms with E-state index in [2.05, 4.69) is 4.98 Å². The van der Waals surface area contributed by atoms with Gasteiger partial charge in [0.05, 0.1) is 5.52 Å². The Kier molecular flexibility index (Phi) is 2.26. The first-order valence-electron chi connectivity index (χ1n) is 5.48. The molecule has 0 unspecified atom stereocenters. The van der Waals surface area contributed by atoms with Crippen molar-refractivity contribution in [1.82, 2.24) is 4.98 Å². The van der Waals surface area contributed by atoms with E-state index in [9.17, 15) is 5.11 Å². The average molecular weight is 221 g/mol. The first kappa shape index (κ1) is 9.85. The molecule has 0 spiro atoms. The summed E-state index contributed by atoms with van der Waals surface area (Å²) in [5, 5.41) is 10.7. The summed E-state index contributed by atoms with van der Waals surface area (Å²) in [6.45, 7) is 0. The van der Waals surface area contributed by atoms with Crippen molar-refractivity contribution in [3.63, 3.8) is 0 Å². The number of phenols is 1. The van der Waals surface area contributed by atoms with Crippen molar-refractivity contribution in [2.45, 2.75) is 0 Å². The van der Waals surface area contributed by atoms with E-state index in [1.54, 1.807) is 18.3 Å². The molecule has 0 saturated heterocycles. The topological polar surface area (TPSA) is 33.1 Å². The lowest BCUT2D eigenvalue weighted by molar-refractivity contribution is 0.476. The van der Waals surface area contributed by atoms with Crippen LogP contribution in [-0.4, -0.2) is 10.1 Å². The van der Waals surface area contributed by atoms with E-state index >= 15 is 0 Å². The fourth-order valence-electron chi connectivity index (χ4n) is 2.01. The van der Waals surface area contributed by atoms with Crippen LogP contribution in [0.2, 0.25) is 0 Å². The lowest BCUT2D eigenvalue weighted by Gasteiger charge is -2.06. The zero-order valence-electron chi connectivity index (χ0n) is 9.17. The minimum absolute atomic E-state index is 0.268. The van der Waals surface area contributed by atoms with Crippen LogP contribution in [0, 0.1) is 0 Å². The maximum absolute atomic E-state index is 9.74. The third-order valence-corrected chi connectivity index (χ3v) is 2.77. The summed E-state index contributed by atoms with van der Waals surface area (Å²) < 4.78 is 0. The van der Waals surface area contributed by atoms with Crippen molar-refractivity contribution in [3.05, 3.63) is 60.8 Å². The van der Waals surface area contributed by atoms with Crippen molar-refractivity contribution in [1.29, 1.82) is 0 Å². The molecule has 17 heavy (non-hydrogen) atoms. The maximum Gasteiger partial charge on any atom is 0.116 e. The van der Waals surface area contributed by atoms with Crippen molar-refractivity contribution < 1.29 is 5.11 Å². The van der Waals surface area contributed by atoms with Crippen LogP contribution in [-0.2, 0) is 0 Å². The fraction of sp³-hybridized carbons (Fsp3) is 0. The van der Waals surface area contributed by atoms with Gasteiger partial charge in [0.15, 0.2) is 0 Å². The molecule has 3 rings (SSSR count). The molecule has 3 aromatic rings. The van der Waals surface area contributed by atoms with E-state index in [0.717, 1.165) is 22.0 Å². The number of benzene rings is 2. The molecule has 1 N–H and O–H groups in total. The first-order chi connectivity index (χ1) is 8.34. The Hall–Kier alpha value is -2.35. The summed E-state index contributed by atoms with van der Waals surface area (Å²) in [4.78, 5) is 4.39. The molecule has 0 atom stereocenters. The molecular formula is C15H11NO. The highest BCUT2D eigenvalue weighted by Crippen LogP contribution is 2.30. The highest BCUT2D eigenvalue weighted by Gasteiger charge is 2.06. The summed E-state index contributed by atoms with van der Waals surface area (Å²) in [6.07, 6.45) is 1.77. The zero-order valence-corrected chi connectivity index (χ0v) is 9.17. The molecule has 2 heteroatoms. The average Bonchev–Trinajstić information content (AvgIpc) is 2.39. The molecule has 0 aliphatic carbocycles. The summed E-state index contributed by atoms with van der Waals surface area (Å²) in [7, 11) is 0. The van der Waals surface area contributed by atoms with Gasteiger partial charge in [0, 0.05) is 17.1 Å². The molecular weight excluding hydrogens is 210 g/mol. The van der Waals surface area contributed by atoms with Gasteiger partial charge >= 0.3 is 0 Å². The number of rotatable bonds is 1. The van der Waals surface area contributed by atoms with Crippen LogP contribution in [0.25, 0.3) is 22.0 Å². The number of nitrogens with zero attached hydrogens (tertiary/aromatic N) is 1. The number of phenolic OH excluding ortho intramolecular Hbond substituents is 1. The number of fused-ring (bicyclic) bond motifs is 1. The first-order valence-corrected chi connectivity index (χ1v) is 5.48. The molecule has 0 aliphatic rings. The summed E-state index contributed by atoms with van der Waals surface area (Å²) in [5.41, 5.74) is 2.94. The lowest BCUT2D eigenvalue weighted by atomic mass is 10.0. The Morgan fingerprint density at radius 1 is 0.882 bits per heavy atom. The van der Waals surface area contributed by atoms with Crippen LogP contribution in [0.4, 0.5) is 0 Å². The predicted molar refractivity (Wildman–Crippen MR) is 68.8 cm³/mol. The monoisotopic (exact) mass is 221 g/mol. The van der Waals surface area contributed by atoms with Gasteiger partial charge in [-0.3, -0.25) is 4.98 Å². The Bertz CT molecular complexity index is 662. The number of hydrogen-bond acceptors (Lipinski definition) is 2. The summed E-state index contributed by atoms with van der Waals surface area (Å²) in [5.74, 6) is 0.268. The van der Waals surface area contributed by atoms with Crippen LogP contribution in [0.15, 0.2) is 60.8 Å². The van der Waals surface area contributed by atoms with Gasteiger partial charge in [0.1, 0.15) is 5.75 Å². The lowest BCUT2D eigenvalue weighted by Crippen LogP contribution is -1.84. The predicted octanol–water partition coefficient (Wildman–Crippen LogP) is 3.61. The zero-order chi connectivity index (χ0) is 11.7. The van der Waals surface area contributed by atoms with Crippen LogP contribution in [0.1, 0.15) is 0 Å². The van der Waals surface area contributed by atoms with E-state index in [0.29, 0.717) is 0 Å². The quantitative estimate of drug-likeness (QED) is 0.681. The van der Waals surface area contributed by atoms with Gasteiger partial charge in [-0.2, -0.15) is 0 Å². The highest BCUT2D eigenvalue weighted by molar-refractivity contribution is 5.94. The molecule has 0 amide bonds. The Labute approximate surface area is 99.2 Å². The van der Waals surface area contributed by atoms with Crippen molar-refractivity contribution in [2.24, 2.45) is 0 Å². The standard InChI is InChI=1S/C15H11NO/c17-13-9-12-7-4-8-16-15(12)14(10-13)11-5-2-1-3-6-11/h1-10,17H. The summed E-state index contributed by atoms with van der Waals surface area (Å²) in [6, 6.07) is 17.3. The van der Waals surface area contributed by atoms with Gasteiger partial charge in [0.25, 0.3) is 0 Å². The van der Waals surface area contributed by atoms with E-state index < -0.39 is 0 Å². The highest BCUT2D eigenvalue weighted by atomic mass is 16.3. The fourth-order valence-corrected chi connectivity index (χ4v) is 2.01. The van der Waals surface area contributed by atoms with Gasteiger partial charge in [0.2, 0.25) is 0 Å². The maximum atomic E-state index is 9.74. The normalized spacial score (nSPS) is 10.6. The van der Waals surface area contributed by atoms with Gasteiger partial charge < -0.3 is 5.11 Å². The molecule has 1 heterocycles. The molecule has 0 radical (unpaired) electrons. The van der Waals surface area contributed by atoms with Crippen molar-refractivity contribution in [2.75, 3.05) is 0 Å². The second-order valence-electron chi connectivity index (χ2n) is 3.93. The SMILES string of the molecule is Oc1cc(-c2ccccc2)c2ncccc2c1. The van der Waals surface area contributed by atoms with E-state index in [4.69, 9.17) is 0 Å². The third kappa shape index (κ3) is 1.74. The van der Waals surface area contributed by atoms with E-state index in [1.807, 2.05) is 42.5 Å². The van der Waals surface area contributed by atoms with Crippen LogP contribution in [0.3, 0.4) is 0 Å². The van der Waals surface area contributed by atoms with Crippen molar-refractivity contribution in [3.8, 4) is 16.9 Å². The Morgan fingerprint density at radius 2 is 1.71 bits per heavy atom. The van der Waals surface area contributed by atoms with Crippen LogP contribution in [0.5, 0.6) is 5.75 Å². The molecule has 0 bridgehead atoms. The Balaban J connectivity index is 2.36. The second-order valence-corrected chi connectivity index (χ2v) is 3.93. The van der Waals surface area contributed by atoms with Gasteiger partial charge in [-0.1, -0.05) is 36.4 Å². The Morgan fingerprint density at radius 3 is 2.53 bits per heavy atom. The van der Waals surface area contributed by atoms with Gasteiger partial charge in [-0.05, 0) is 23.8 Å². The molecule has 0 fully saturated rings. The van der Waals surface area contributed by atoms with Gasteiger partial charge in [-0.15, -0.1) is 0 Å². The van der Waals surface area contributed by atoms with Crippen molar-refractivity contribution >= 4 is 10.9 Å². The van der Waals surface area contributed by atoms with E-state index in [1.165, 1.54) is 0 Å². The number of pyridine rings is 1. The largest absolute Gasteiger partial charge is 0.508 e. The molecule has 2 nitrogen and oxygen atoms in total. The molecule has 1 aromatic heterocycles. The number of hydrogen-bond donors (Lipinski definition) is 1. The summed E-state index contributed by atoms with van der Waals surface area (Å²) >= 11 is 0. The third-order valence-electron chi connectivity index (χ3n) is 2.77. The molecule has 82 valence electrons. The molecule has 0 aliphatic heterocycles. The second kappa shape index (κ2) is 3.91. The number of aromatic nitrogens is 1.